The van der Waals surface area contributed by atoms with Gasteiger partial charge in [0, 0.05) is 18.1 Å². The Bertz CT molecular complexity index is 862. The van der Waals surface area contributed by atoms with Crippen LogP contribution in [0.1, 0.15) is 63.6 Å². The van der Waals surface area contributed by atoms with Crippen molar-refractivity contribution in [3.8, 4) is 5.75 Å². The van der Waals surface area contributed by atoms with Gasteiger partial charge in [-0.05, 0) is 79.0 Å². The van der Waals surface area contributed by atoms with E-state index in [0.717, 1.165) is 24.2 Å². The van der Waals surface area contributed by atoms with Crippen molar-refractivity contribution >= 4 is 5.97 Å². The first-order chi connectivity index (χ1) is 14.6. The molecule has 0 heterocycles. The number of methoxy groups -OCH3 is 1. The maximum Gasteiger partial charge on any atom is 0.330 e. The van der Waals surface area contributed by atoms with Crippen molar-refractivity contribution in [2.24, 2.45) is 16.7 Å². The van der Waals surface area contributed by atoms with Crippen LogP contribution in [0.2, 0.25) is 0 Å². The minimum absolute atomic E-state index is 0.0304. The molecule has 2 aliphatic rings. The lowest BCUT2D eigenvalue weighted by Gasteiger charge is -2.64. The molecule has 172 valence electrons. The number of carbonyl (C=O) groups excluding carboxylic acids is 1. The molecule has 0 bridgehead atoms. The number of esters is 1. The fourth-order valence-electron chi connectivity index (χ4n) is 6.58. The SMILES string of the molecule is CCOC(=O)/C=C/[C@]1(C)[C@@H](O)C[C@@]2(C)c3cc(C)cc(OC)c3CC[C@@H]2[C@]1(C)CCO. The van der Waals surface area contributed by atoms with Crippen molar-refractivity contribution in [1.82, 2.24) is 0 Å². The first kappa shape index (κ1) is 23.8. The lowest BCUT2D eigenvalue weighted by molar-refractivity contribution is -0.147. The van der Waals surface area contributed by atoms with E-state index in [2.05, 4.69) is 32.9 Å². The third-order valence-electron chi connectivity index (χ3n) is 8.43. The number of rotatable bonds is 6. The topological polar surface area (TPSA) is 76.0 Å². The maximum absolute atomic E-state index is 12.1. The Morgan fingerprint density at radius 3 is 2.61 bits per heavy atom. The van der Waals surface area contributed by atoms with E-state index in [1.807, 2.05) is 13.0 Å². The molecule has 0 saturated heterocycles. The van der Waals surface area contributed by atoms with Gasteiger partial charge in [0.15, 0.2) is 0 Å². The Morgan fingerprint density at radius 1 is 1.29 bits per heavy atom. The predicted molar refractivity (Wildman–Crippen MR) is 121 cm³/mol. The van der Waals surface area contributed by atoms with Crippen molar-refractivity contribution in [3.05, 3.63) is 41.0 Å². The molecular formula is C26H38O5. The Labute approximate surface area is 186 Å². The van der Waals surface area contributed by atoms with E-state index in [4.69, 9.17) is 9.47 Å². The van der Waals surface area contributed by atoms with Gasteiger partial charge in [0.2, 0.25) is 0 Å². The van der Waals surface area contributed by atoms with Gasteiger partial charge in [-0.15, -0.1) is 0 Å². The normalized spacial score (nSPS) is 34.8. The molecule has 5 atom stereocenters. The van der Waals surface area contributed by atoms with Crippen LogP contribution in [0.5, 0.6) is 5.75 Å². The van der Waals surface area contributed by atoms with E-state index >= 15 is 0 Å². The van der Waals surface area contributed by atoms with Crippen molar-refractivity contribution in [1.29, 1.82) is 0 Å². The quantitative estimate of drug-likeness (QED) is 0.525. The molecule has 0 aromatic heterocycles. The molecule has 1 aromatic carbocycles. The Hall–Kier alpha value is -1.85. The third-order valence-corrected chi connectivity index (χ3v) is 8.43. The van der Waals surface area contributed by atoms with E-state index in [9.17, 15) is 15.0 Å². The second-order valence-corrected chi connectivity index (χ2v) is 9.98. The van der Waals surface area contributed by atoms with Crippen molar-refractivity contribution in [3.63, 3.8) is 0 Å². The summed E-state index contributed by atoms with van der Waals surface area (Å²) in [6.07, 6.45) is 5.58. The second kappa shape index (κ2) is 8.59. The van der Waals surface area contributed by atoms with Gasteiger partial charge < -0.3 is 19.7 Å². The molecular weight excluding hydrogens is 392 g/mol. The number of aryl methyl sites for hydroxylation is 1. The molecule has 5 heteroatoms. The van der Waals surface area contributed by atoms with Gasteiger partial charge in [0.05, 0.1) is 19.8 Å². The second-order valence-electron chi connectivity index (χ2n) is 9.98. The maximum atomic E-state index is 12.1. The molecule has 1 saturated carbocycles. The monoisotopic (exact) mass is 430 g/mol. The number of benzene rings is 1. The Morgan fingerprint density at radius 2 is 2.00 bits per heavy atom. The Balaban J connectivity index is 2.14. The number of fused-ring (bicyclic) bond motifs is 3. The summed E-state index contributed by atoms with van der Waals surface area (Å²) in [4.78, 5) is 12.1. The number of aliphatic hydroxyl groups is 2. The number of ether oxygens (including phenoxy) is 2. The van der Waals surface area contributed by atoms with Crippen LogP contribution in [0, 0.1) is 23.7 Å². The predicted octanol–water partition coefficient (Wildman–Crippen LogP) is 4.10. The smallest absolute Gasteiger partial charge is 0.330 e. The summed E-state index contributed by atoms with van der Waals surface area (Å²) >= 11 is 0. The average Bonchev–Trinajstić information content (AvgIpc) is 2.71. The van der Waals surface area contributed by atoms with Crippen LogP contribution in [0.3, 0.4) is 0 Å². The average molecular weight is 431 g/mol. The van der Waals surface area contributed by atoms with E-state index in [-0.39, 0.29) is 17.9 Å². The minimum Gasteiger partial charge on any atom is -0.496 e. The van der Waals surface area contributed by atoms with Gasteiger partial charge in [-0.1, -0.05) is 32.9 Å². The highest BCUT2D eigenvalue weighted by molar-refractivity contribution is 5.82. The minimum atomic E-state index is -0.673. The summed E-state index contributed by atoms with van der Waals surface area (Å²) in [6, 6.07) is 4.33. The summed E-state index contributed by atoms with van der Waals surface area (Å²) < 4.78 is 10.8. The first-order valence-electron chi connectivity index (χ1n) is 11.4. The summed E-state index contributed by atoms with van der Waals surface area (Å²) in [6.45, 7) is 10.6. The van der Waals surface area contributed by atoms with Crippen LogP contribution < -0.4 is 4.74 Å². The molecule has 0 unspecified atom stereocenters. The summed E-state index contributed by atoms with van der Waals surface area (Å²) in [5.74, 6) is 0.750. The van der Waals surface area contributed by atoms with E-state index in [0.29, 0.717) is 19.4 Å². The van der Waals surface area contributed by atoms with Gasteiger partial charge in [-0.3, -0.25) is 0 Å². The zero-order valence-corrected chi connectivity index (χ0v) is 19.8. The molecule has 0 radical (unpaired) electrons. The van der Waals surface area contributed by atoms with Gasteiger partial charge in [0.25, 0.3) is 0 Å². The highest BCUT2D eigenvalue weighted by Gasteiger charge is 2.63. The standard InChI is InChI=1S/C26H38O5/c1-7-31-23(29)10-11-26(5)22(28)16-24(3)19-14-17(2)15-20(30-6)18(19)8-9-21(24)25(26,4)12-13-27/h10-11,14-15,21-22,27-28H,7-9,12-13,16H2,1-6H3/b11-10+/t21-,22-,24-,25-,26+/m0/s1. The van der Waals surface area contributed by atoms with Gasteiger partial charge in [-0.2, -0.15) is 0 Å². The van der Waals surface area contributed by atoms with Gasteiger partial charge in [-0.25, -0.2) is 4.79 Å². The van der Waals surface area contributed by atoms with Gasteiger partial charge in [0.1, 0.15) is 5.75 Å². The van der Waals surface area contributed by atoms with Crippen LogP contribution in [-0.2, 0) is 21.4 Å². The summed E-state index contributed by atoms with van der Waals surface area (Å²) in [7, 11) is 1.71. The van der Waals surface area contributed by atoms with E-state index < -0.39 is 22.9 Å². The number of aliphatic hydroxyl groups excluding tert-OH is 2. The number of hydrogen-bond acceptors (Lipinski definition) is 5. The van der Waals surface area contributed by atoms with Crippen LogP contribution in [0.25, 0.3) is 0 Å². The fourth-order valence-corrected chi connectivity index (χ4v) is 6.58. The zero-order valence-electron chi connectivity index (χ0n) is 19.8. The number of hydrogen-bond donors (Lipinski definition) is 2. The molecule has 1 aromatic rings. The molecule has 0 spiro atoms. The lowest BCUT2D eigenvalue weighted by Crippen LogP contribution is -2.62. The van der Waals surface area contributed by atoms with Crippen LogP contribution in [0.15, 0.2) is 24.3 Å². The third kappa shape index (κ3) is 3.70. The molecule has 5 nitrogen and oxygen atoms in total. The van der Waals surface area contributed by atoms with Crippen LogP contribution in [0.4, 0.5) is 0 Å². The molecule has 1 fully saturated rings. The molecule has 2 aliphatic carbocycles. The van der Waals surface area contributed by atoms with Crippen molar-refractivity contribution < 1.29 is 24.5 Å². The van der Waals surface area contributed by atoms with E-state index in [1.165, 1.54) is 17.2 Å². The molecule has 2 N–H and O–H groups in total. The highest BCUT2D eigenvalue weighted by atomic mass is 16.5. The van der Waals surface area contributed by atoms with Crippen LogP contribution >= 0.6 is 0 Å². The van der Waals surface area contributed by atoms with Crippen molar-refractivity contribution in [2.45, 2.75) is 71.8 Å². The lowest BCUT2D eigenvalue weighted by atomic mass is 9.41. The highest BCUT2D eigenvalue weighted by Crippen LogP contribution is 2.66. The summed E-state index contributed by atoms with van der Waals surface area (Å²) in [5.41, 5.74) is 2.29. The van der Waals surface area contributed by atoms with E-state index in [1.54, 1.807) is 14.0 Å². The largest absolute Gasteiger partial charge is 0.496 e. The summed E-state index contributed by atoms with van der Waals surface area (Å²) in [5, 5.41) is 21.6. The van der Waals surface area contributed by atoms with Crippen molar-refractivity contribution in [2.75, 3.05) is 20.3 Å². The zero-order chi connectivity index (χ0) is 23.0. The van der Waals surface area contributed by atoms with Gasteiger partial charge >= 0.3 is 5.97 Å². The fraction of sp³-hybridized carbons (Fsp3) is 0.654. The first-order valence-corrected chi connectivity index (χ1v) is 11.4. The number of carbonyl (C=O) groups is 1. The molecule has 31 heavy (non-hydrogen) atoms. The molecule has 0 amide bonds. The molecule has 3 rings (SSSR count). The van der Waals surface area contributed by atoms with Crippen LogP contribution in [-0.4, -0.2) is 42.6 Å². The molecule has 0 aliphatic heterocycles. The Kier molecular flexibility index (Phi) is 6.60.